The molecule has 0 aromatic heterocycles. The highest BCUT2D eigenvalue weighted by Crippen LogP contribution is 2.05. The van der Waals surface area contributed by atoms with E-state index in [4.69, 9.17) is 0 Å². The van der Waals surface area contributed by atoms with Crippen LogP contribution in [0.5, 0.6) is 0 Å². The smallest absolute Gasteiger partial charge is 0.297 e. The van der Waals surface area contributed by atoms with E-state index in [0.717, 1.165) is 5.57 Å². The van der Waals surface area contributed by atoms with Gasteiger partial charge in [0.05, 0.1) is 0 Å². The van der Waals surface area contributed by atoms with Gasteiger partial charge >= 0.3 is 0 Å². The lowest BCUT2D eigenvalue weighted by Gasteiger charge is -1.85. The molecular weight excluding hydrogens is 116 g/mol. The summed E-state index contributed by atoms with van der Waals surface area (Å²) in [5.74, 6) is 0. The first kappa shape index (κ1) is 5.82. The minimum Gasteiger partial charge on any atom is -0.436 e. The minimum absolute atomic E-state index is 0.396. The van der Waals surface area contributed by atoms with Gasteiger partial charge < -0.3 is 4.74 Å². The summed E-state index contributed by atoms with van der Waals surface area (Å²) in [6.45, 7) is 0.396. The number of hydrogen-bond donors (Lipinski definition) is 0. The third-order valence-corrected chi connectivity index (χ3v) is 0.948. The Balaban J connectivity index is 2.51. The quantitative estimate of drug-likeness (QED) is 0.406. The van der Waals surface area contributed by atoms with E-state index in [9.17, 15) is 4.79 Å². The van der Waals surface area contributed by atoms with Crippen LogP contribution in [0.1, 0.15) is 0 Å². The standard InChI is InChI=1S/C7H6O2/c8-6-9-5-7-3-1-2-4-7/h1-6H. The maximum atomic E-state index is 9.65. The van der Waals surface area contributed by atoms with Crippen molar-refractivity contribution in [2.45, 2.75) is 0 Å². The molecule has 1 rings (SSSR count). The van der Waals surface area contributed by atoms with Gasteiger partial charge in [-0.3, -0.25) is 4.79 Å². The molecule has 2 nitrogen and oxygen atoms in total. The molecule has 0 saturated heterocycles. The van der Waals surface area contributed by atoms with Crippen molar-refractivity contribution < 1.29 is 9.53 Å². The summed E-state index contributed by atoms with van der Waals surface area (Å²) in [6, 6.07) is 0. The first-order chi connectivity index (χ1) is 4.43. The molecule has 0 saturated carbocycles. The summed E-state index contributed by atoms with van der Waals surface area (Å²) in [5, 5.41) is 0. The predicted molar refractivity (Wildman–Crippen MR) is 33.5 cm³/mol. The molecule has 0 amide bonds. The molecule has 0 spiro atoms. The van der Waals surface area contributed by atoms with Gasteiger partial charge in [0.15, 0.2) is 0 Å². The molecule has 0 unspecified atom stereocenters. The van der Waals surface area contributed by atoms with Gasteiger partial charge in [0.1, 0.15) is 6.26 Å². The summed E-state index contributed by atoms with van der Waals surface area (Å²) >= 11 is 0. The van der Waals surface area contributed by atoms with E-state index in [2.05, 4.69) is 4.74 Å². The highest BCUT2D eigenvalue weighted by Gasteiger charge is 1.88. The average Bonchev–Trinajstić information content (AvgIpc) is 2.34. The fourth-order valence-electron chi connectivity index (χ4n) is 0.574. The van der Waals surface area contributed by atoms with Crippen molar-refractivity contribution in [2.24, 2.45) is 0 Å². The Bertz CT molecular complexity index is 173. The fourth-order valence-corrected chi connectivity index (χ4v) is 0.574. The van der Waals surface area contributed by atoms with Crippen LogP contribution in [0.15, 0.2) is 36.1 Å². The summed E-state index contributed by atoms with van der Waals surface area (Å²) in [5.41, 5.74) is 0.905. The van der Waals surface area contributed by atoms with Gasteiger partial charge in [0, 0.05) is 5.57 Å². The van der Waals surface area contributed by atoms with Crippen molar-refractivity contribution in [3.63, 3.8) is 0 Å². The van der Waals surface area contributed by atoms with E-state index in [1.54, 1.807) is 0 Å². The molecule has 0 atom stereocenters. The van der Waals surface area contributed by atoms with Gasteiger partial charge in [-0.1, -0.05) is 24.3 Å². The second-order valence-corrected chi connectivity index (χ2v) is 1.57. The molecule has 0 N–H and O–H groups in total. The van der Waals surface area contributed by atoms with Crippen LogP contribution in [-0.2, 0) is 9.53 Å². The Morgan fingerprint density at radius 3 is 2.56 bits per heavy atom. The number of allylic oxidation sites excluding steroid dienone is 5. The van der Waals surface area contributed by atoms with Gasteiger partial charge in [-0.2, -0.15) is 0 Å². The first-order valence-corrected chi connectivity index (χ1v) is 2.57. The molecule has 46 valence electrons. The van der Waals surface area contributed by atoms with Gasteiger partial charge in [-0.25, -0.2) is 0 Å². The van der Waals surface area contributed by atoms with Gasteiger partial charge in [-0.05, 0) is 0 Å². The number of carbonyl (C=O) groups is 1. The van der Waals surface area contributed by atoms with Crippen molar-refractivity contribution in [3.8, 4) is 0 Å². The van der Waals surface area contributed by atoms with Crippen LogP contribution in [0.4, 0.5) is 0 Å². The van der Waals surface area contributed by atoms with Crippen molar-refractivity contribution in [1.82, 2.24) is 0 Å². The second-order valence-electron chi connectivity index (χ2n) is 1.57. The zero-order chi connectivity index (χ0) is 6.53. The molecular formula is C7H6O2. The maximum absolute atomic E-state index is 9.65. The van der Waals surface area contributed by atoms with Crippen LogP contribution in [0.2, 0.25) is 0 Å². The summed E-state index contributed by atoms with van der Waals surface area (Å²) in [6.07, 6.45) is 8.85. The number of rotatable bonds is 2. The van der Waals surface area contributed by atoms with Crippen molar-refractivity contribution >= 4 is 6.47 Å². The molecule has 0 aliphatic heterocycles. The zero-order valence-corrected chi connectivity index (χ0v) is 4.78. The molecule has 0 bridgehead atoms. The minimum atomic E-state index is 0.396. The third-order valence-electron chi connectivity index (χ3n) is 0.948. The number of carbonyl (C=O) groups excluding carboxylic acids is 1. The maximum Gasteiger partial charge on any atom is 0.297 e. The Kier molecular flexibility index (Phi) is 1.85. The van der Waals surface area contributed by atoms with Crippen LogP contribution in [0, 0.1) is 0 Å². The topological polar surface area (TPSA) is 26.3 Å². The molecule has 0 fully saturated rings. The van der Waals surface area contributed by atoms with Crippen LogP contribution in [-0.4, -0.2) is 6.47 Å². The molecule has 9 heavy (non-hydrogen) atoms. The Morgan fingerprint density at radius 1 is 1.33 bits per heavy atom. The monoisotopic (exact) mass is 122 g/mol. The lowest BCUT2D eigenvalue weighted by Crippen LogP contribution is -1.75. The van der Waals surface area contributed by atoms with Crippen LogP contribution >= 0.6 is 0 Å². The summed E-state index contributed by atoms with van der Waals surface area (Å²) in [7, 11) is 0. The van der Waals surface area contributed by atoms with Crippen LogP contribution < -0.4 is 0 Å². The molecule has 0 heterocycles. The van der Waals surface area contributed by atoms with Crippen molar-refractivity contribution in [3.05, 3.63) is 36.1 Å². The lowest BCUT2D eigenvalue weighted by atomic mass is 10.3. The lowest BCUT2D eigenvalue weighted by molar-refractivity contribution is -0.123. The van der Waals surface area contributed by atoms with Crippen LogP contribution in [0.3, 0.4) is 0 Å². The normalized spacial score (nSPS) is 14.0. The van der Waals surface area contributed by atoms with Crippen molar-refractivity contribution in [2.75, 3.05) is 0 Å². The predicted octanol–water partition coefficient (Wildman–Crippen LogP) is 1.17. The Morgan fingerprint density at radius 2 is 2.00 bits per heavy atom. The molecule has 0 radical (unpaired) electrons. The first-order valence-electron chi connectivity index (χ1n) is 2.57. The van der Waals surface area contributed by atoms with Gasteiger partial charge in [0.2, 0.25) is 0 Å². The highest BCUT2D eigenvalue weighted by atomic mass is 16.5. The third kappa shape index (κ3) is 1.57. The molecule has 1 aliphatic carbocycles. The van der Waals surface area contributed by atoms with E-state index < -0.39 is 0 Å². The SMILES string of the molecule is O=COC=C1C=CC=C1. The van der Waals surface area contributed by atoms with E-state index in [0.29, 0.717) is 6.47 Å². The molecule has 0 aromatic rings. The van der Waals surface area contributed by atoms with Gasteiger partial charge in [0.25, 0.3) is 6.47 Å². The molecule has 1 aliphatic rings. The van der Waals surface area contributed by atoms with E-state index in [-0.39, 0.29) is 0 Å². The van der Waals surface area contributed by atoms with E-state index in [1.165, 1.54) is 6.26 Å². The number of ether oxygens (including phenoxy) is 1. The Labute approximate surface area is 53.1 Å². The van der Waals surface area contributed by atoms with Gasteiger partial charge in [-0.15, -0.1) is 0 Å². The molecule has 0 aromatic carbocycles. The van der Waals surface area contributed by atoms with Crippen LogP contribution in [0.25, 0.3) is 0 Å². The molecule has 2 heteroatoms. The Hall–Kier alpha value is -1.31. The summed E-state index contributed by atoms with van der Waals surface area (Å²) < 4.78 is 4.37. The largest absolute Gasteiger partial charge is 0.436 e. The highest BCUT2D eigenvalue weighted by molar-refractivity contribution is 5.43. The average molecular weight is 122 g/mol. The second kappa shape index (κ2) is 2.87. The van der Waals surface area contributed by atoms with Crippen molar-refractivity contribution in [1.29, 1.82) is 0 Å². The van der Waals surface area contributed by atoms with E-state index >= 15 is 0 Å². The summed E-state index contributed by atoms with van der Waals surface area (Å²) in [4.78, 5) is 9.65. The zero-order valence-electron chi connectivity index (χ0n) is 4.78. The fraction of sp³-hybridized carbons (Fsp3) is 0. The number of hydrogen-bond acceptors (Lipinski definition) is 2. The van der Waals surface area contributed by atoms with E-state index in [1.807, 2.05) is 24.3 Å².